The Hall–Kier alpha value is -1.97. The van der Waals surface area contributed by atoms with Gasteiger partial charge < -0.3 is 5.32 Å². The minimum absolute atomic E-state index is 0.265. The number of hydrogen-bond acceptors (Lipinski definition) is 3. The van der Waals surface area contributed by atoms with E-state index in [-0.39, 0.29) is 11.6 Å². The Morgan fingerprint density at radius 2 is 2.07 bits per heavy atom. The van der Waals surface area contributed by atoms with Gasteiger partial charge in [-0.25, -0.2) is 9.37 Å². The van der Waals surface area contributed by atoms with Gasteiger partial charge in [0.2, 0.25) is 0 Å². The van der Waals surface area contributed by atoms with Gasteiger partial charge in [-0.1, -0.05) is 6.07 Å². The van der Waals surface area contributed by atoms with Crippen LogP contribution in [-0.2, 0) is 6.54 Å². The minimum atomic E-state index is -0.346. The molecule has 2 rings (SSSR count). The summed E-state index contributed by atoms with van der Waals surface area (Å²) in [6, 6.07) is 6.69. The van der Waals surface area contributed by atoms with E-state index in [1.54, 1.807) is 24.7 Å². The molecule has 0 saturated heterocycles. The molecule has 15 heavy (non-hydrogen) atoms. The number of rotatable bonds is 3. The Morgan fingerprint density at radius 3 is 2.80 bits per heavy atom. The molecule has 76 valence electrons. The molecule has 0 aliphatic carbocycles. The average molecular weight is 203 g/mol. The van der Waals surface area contributed by atoms with Crippen LogP contribution in [0.15, 0.2) is 42.9 Å². The summed E-state index contributed by atoms with van der Waals surface area (Å²) in [6.45, 7) is 0.516. The van der Waals surface area contributed by atoms with Gasteiger partial charge in [-0.3, -0.25) is 4.98 Å². The minimum Gasteiger partial charge on any atom is -0.364 e. The molecule has 0 aromatic carbocycles. The normalized spacial score (nSPS) is 9.93. The fourth-order valence-corrected chi connectivity index (χ4v) is 1.20. The van der Waals surface area contributed by atoms with Crippen molar-refractivity contribution in [3.63, 3.8) is 0 Å². The topological polar surface area (TPSA) is 37.8 Å². The lowest BCUT2D eigenvalue weighted by molar-refractivity contribution is 0.624. The number of pyridine rings is 2. The van der Waals surface area contributed by atoms with Crippen LogP contribution in [0.2, 0.25) is 0 Å². The largest absolute Gasteiger partial charge is 0.364 e. The molecule has 0 radical (unpaired) electrons. The third kappa shape index (κ3) is 2.49. The van der Waals surface area contributed by atoms with Crippen molar-refractivity contribution in [1.82, 2.24) is 9.97 Å². The maximum Gasteiger partial charge on any atom is 0.165 e. The second-order valence-corrected chi connectivity index (χ2v) is 3.05. The predicted molar refractivity (Wildman–Crippen MR) is 55.8 cm³/mol. The van der Waals surface area contributed by atoms with Crippen molar-refractivity contribution in [1.29, 1.82) is 0 Å². The highest BCUT2D eigenvalue weighted by molar-refractivity contribution is 5.36. The lowest BCUT2D eigenvalue weighted by Gasteiger charge is -2.05. The second kappa shape index (κ2) is 4.50. The van der Waals surface area contributed by atoms with Crippen LogP contribution in [0, 0.1) is 5.82 Å². The van der Waals surface area contributed by atoms with Crippen molar-refractivity contribution >= 4 is 5.82 Å². The van der Waals surface area contributed by atoms with Crippen LogP contribution in [0.25, 0.3) is 0 Å². The van der Waals surface area contributed by atoms with Gasteiger partial charge in [-0.05, 0) is 23.8 Å². The highest BCUT2D eigenvalue weighted by atomic mass is 19.1. The van der Waals surface area contributed by atoms with E-state index in [9.17, 15) is 4.39 Å². The summed E-state index contributed by atoms with van der Waals surface area (Å²) in [6.07, 6.45) is 4.98. The first kappa shape index (κ1) is 9.58. The molecule has 2 aromatic heterocycles. The van der Waals surface area contributed by atoms with E-state index in [0.29, 0.717) is 6.54 Å². The number of hydrogen-bond donors (Lipinski definition) is 1. The first-order valence-corrected chi connectivity index (χ1v) is 4.59. The van der Waals surface area contributed by atoms with Crippen LogP contribution < -0.4 is 5.32 Å². The third-order valence-corrected chi connectivity index (χ3v) is 1.94. The number of anilines is 1. The van der Waals surface area contributed by atoms with Crippen molar-refractivity contribution in [2.45, 2.75) is 6.54 Å². The molecule has 0 fully saturated rings. The van der Waals surface area contributed by atoms with Crippen LogP contribution in [0.1, 0.15) is 5.56 Å². The van der Waals surface area contributed by atoms with Crippen molar-refractivity contribution in [3.05, 3.63) is 54.2 Å². The highest BCUT2D eigenvalue weighted by Crippen LogP contribution is 2.09. The fourth-order valence-electron chi connectivity index (χ4n) is 1.20. The van der Waals surface area contributed by atoms with Gasteiger partial charge in [0.15, 0.2) is 11.6 Å². The van der Waals surface area contributed by atoms with E-state index >= 15 is 0 Å². The molecule has 0 unspecified atom stereocenters. The van der Waals surface area contributed by atoms with E-state index in [1.807, 2.05) is 12.1 Å². The quantitative estimate of drug-likeness (QED) is 0.831. The van der Waals surface area contributed by atoms with E-state index < -0.39 is 0 Å². The Kier molecular flexibility index (Phi) is 2.88. The van der Waals surface area contributed by atoms with Gasteiger partial charge in [0.05, 0.1) is 0 Å². The Morgan fingerprint density at radius 1 is 1.20 bits per heavy atom. The first-order valence-electron chi connectivity index (χ1n) is 4.59. The molecule has 0 bridgehead atoms. The summed E-state index contributed by atoms with van der Waals surface area (Å²) < 4.78 is 13.2. The van der Waals surface area contributed by atoms with Crippen LogP contribution >= 0.6 is 0 Å². The lowest BCUT2D eigenvalue weighted by Crippen LogP contribution is -2.03. The van der Waals surface area contributed by atoms with Crippen molar-refractivity contribution in [2.24, 2.45) is 0 Å². The van der Waals surface area contributed by atoms with Gasteiger partial charge in [-0.15, -0.1) is 0 Å². The molecule has 0 saturated carbocycles. The monoisotopic (exact) mass is 203 g/mol. The highest BCUT2D eigenvalue weighted by Gasteiger charge is 2.00. The van der Waals surface area contributed by atoms with Gasteiger partial charge in [0.25, 0.3) is 0 Å². The van der Waals surface area contributed by atoms with Crippen molar-refractivity contribution < 1.29 is 4.39 Å². The Balaban J connectivity index is 2.03. The van der Waals surface area contributed by atoms with E-state index in [0.717, 1.165) is 5.56 Å². The van der Waals surface area contributed by atoms with Crippen LogP contribution in [-0.4, -0.2) is 9.97 Å². The van der Waals surface area contributed by atoms with Gasteiger partial charge in [0, 0.05) is 25.1 Å². The molecule has 4 heteroatoms. The third-order valence-electron chi connectivity index (χ3n) is 1.94. The van der Waals surface area contributed by atoms with Gasteiger partial charge in [-0.2, -0.15) is 0 Å². The average Bonchev–Trinajstić information content (AvgIpc) is 2.29. The van der Waals surface area contributed by atoms with Crippen molar-refractivity contribution in [2.75, 3.05) is 5.32 Å². The van der Waals surface area contributed by atoms with E-state index in [2.05, 4.69) is 15.3 Å². The SMILES string of the molecule is Fc1cccnc1NCc1cccnc1. The standard InChI is InChI=1S/C11H10FN3/c12-10-4-2-6-14-11(10)15-8-9-3-1-5-13-7-9/h1-7H,8H2,(H,14,15). The number of nitrogens with zero attached hydrogens (tertiary/aromatic N) is 2. The molecule has 0 atom stereocenters. The van der Waals surface area contributed by atoms with Crippen LogP contribution in [0.5, 0.6) is 0 Å². The molecule has 1 N–H and O–H groups in total. The van der Waals surface area contributed by atoms with Crippen molar-refractivity contribution in [3.8, 4) is 0 Å². The zero-order valence-electron chi connectivity index (χ0n) is 8.02. The zero-order chi connectivity index (χ0) is 10.5. The summed E-state index contributed by atoms with van der Waals surface area (Å²) in [5.41, 5.74) is 0.988. The number of halogens is 1. The zero-order valence-corrected chi connectivity index (χ0v) is 8.02. The summed E-state index contributed by atoms with van der Waals surface area (Å²) in [5, 5.41) is 2.90. The summed E-state index contributed by atoms with van der Waals surface area (Å²) >= 11 is 0. The van der Waals surface area contributed by atoms with Crippen LogP contribution in [0.3, 0.4) is 0 Å². The van der Waals surface area contributed by atoms with E-state index in [4.69, 9.17) is 0 Å². The predicted octanol–water partition coefficient (Wildman–Crippen LogP) is 2.23. The summed E-state index contributed by atoms with van der Waals surface area (Å²) in [7, 11) is 0. The number of aromatic nitrogens is 2. The maximum absolute atomic E-state index is 13.2. The second-order valence-electron chi connectivity index (χ2n) is 3.05. The fraction of sp³-hybridized carbons (Fsp3) is 0.0909. The van der Waals surface area contributed by atoms with Gasteiger partial charge >= 0.3 is 0 Å². The van der Waals surface area contributed by atoms with Gasteiger partial charge in [0.1, 0.15) is 0 Å². The molecule has 0 aliphatic rings. The molecule has 2 aromatic rings. The molecular formula is C11H10FN3. The Bertz CT molecular complexity index is 431. The maximum atomic E-state index is 13.2. The van der Waals surface area contributed by atoms with Crippen LogP contribution in [0.4, 0.5) is 10.2 Å². The molecule has 2 heterocycles. The smallest absolute Gasteiger partial charge is 0.165 e. The molecule has 0 aliphatic heterocycles. The lowest BCUT2D eigenvalue weighted by atomic mass is 10.3. The first-order chi connectivity index (χ1) is 7.36. The molecular weight excluding hydrogens is 193 g/mol. The summed E-state index contributed by atoms with van der Waals surface area (Å²) in [5.74, 6) is -0.0808. The Labute approximate surface area is 87.0 Å². The number of nitrogens with one attached hydrogen (secondary N) is 1. The molecule has 3 nitrogen and oxygen atoms in total. The van der Waals surface area contributed by atoms with E-state index in [1.165, 1.54) is 6.07 Å². The summed E-state index contributed by atoms with van der Waals surface area (Å²) in [4.78, 5) is 7.85. The molecule has 0 spiro atoms. The molecule has 0 amide bonds.